The number of rotatable bonds is 2. The van der Waals surface area contributed by atoms with E-state index < -0.39 is 0 Å². The first-order valence-corrected chi connectivity index (χ1v) is 8.17. The van der Waals surface area contributed by atoms with Crippen LogP contribution in [0.5, 0.6) is 0 Å². The number of carbonyl (C=O) groups is 1. The second-order valence-corrected chi connectivity index (χ2v) is 6.44. The number of hydrogen-bond donors (Lipinski definition) is 0. The number of anilines is 1. The molecule has 0 bridgehead atoms. The Bertz CT molecular complexity index is 760. The molecule has 5 nitrogen and oxygen atoms in total. The minimum atomic E-state index is 0.0596. The lowest BCUT2D eigenvalue weighted by atomic mass is 10.0. The van der Waals surface area contributed by atoms with E-state index >= 15 is 0 Å². The average Bonchev–Trinajstić information content (AvgIpc) is 3.25. The zero-order valence-electron chi connectivity index (χ0n) is 13.6. The van der Waals surface area contributed by atoms with Crippen molar-refractivity contribution in [1.82, 2.24) is 9.78 Å². The van der Waals surface area contributed by atoms with Crippen LogP contribution in [0.1, 0.15) is 39.5 Å². The fourth-order valence-corrected chi connectivity index (χ4v) is 3.69. The molecular formula is C18H21N3O2. The number of hydrogen-bond acceptors (Lipinski definition) is 3. The summed E-state index contributed by atoms with van der Waals surface area (Å²) in [5.74, 6) is 0.291. The van der Waals surface area contributed by atoms with Gasteiger partial charge in [0.2, 0.25) is 0 Å². The summed E-state index contributed by atoms with van der Waals surface area (Å²) < 4.78 is 7.22. The molecule has 3 heterocycles. The molecule has 2 aromatic rings. The van der Waals surface area contributed by atoms with E-state index in [0.717, 1.165) is 42.9 Å². The van der Waals surface area contributed by atoms with Crippen molar-refractivity contribution in [2.45, 2.75) is 25.7 Å². The number of benzene rings is 1. The van der Waals surface area contributed by atoms with E-state index in [1.54, 1.807) is 4.68 Å². The summed E-state index contributed by atoms with van der Waals surface area (Å²) in [5, 5.41) is 4.55. The lowest BCUT2D eigenvalue weighted by Gasteiger charge is -2.18. The summed E-state index contributed by atoms with van der Waals surface area (Å²) in [6, 6.07) is 6.18. The van der Waals surface area contributed by atoms with E-state index in [1.807, 2.05) is 30.3 Å². The van der Waals surface area contributed by atoms with Gasteiger partial charge in [0.15, 0.2) is 0 Å². The molecule has 23 heavy (non-hydrogen) atoms. The predicted molar refractivity (Wildman–Crippen MR) is 87.9 cm³/mol. The van der Waals surface area contributed by atoms with Gasteiger partial charge in [-0.25, -0.2) is 0 Å². The summed E-state index contributed by atoms with van der Waals surface area (Å²) in [6.07, 6.45) is 3.71. The van der Waals surface area contributed by atoms with E-state index in [1.165, 1.54) is 11.1 Å². The molecule has 2 aliphatic rings. The summed E-state index contributed by atoms with van der Waals surface area (Å²) in [6.45, 7) is 4.26. The fraction of sp³-hybridized carbons (Fsp3) is 0.444. The molecule has 5 heteroatoms. The summed E-state index contributed by atoms with van der Waals surface area (Å²) in [5.41, 5.74) is 5.20. The highest BCUT2D eigenvalue weighted by atomic mass is 16.5. The Balaban J connectivity index is 1.70. The molecule has 0 spiro atoms. The second kappa shape index (κ2) is 5.49. The van der Waals surface area contributed by atoms with Crippen LogP contribution in [-0.2, 0) is 18.2 Å². The first-order valence-electron chi connectivity index (χ1n) is 8.17. The molecule has 1 aromatic heterocycles. The third-order valence-corrected chi connectivity index (χ3v) is 4.91. The van der Waals surface area contributed by atoms with Crippen molar-refractivity contribution in [2.75, 3.05) is 24.7 Å². The second-order valence-electron chi connectivity index (χ2n) is 6.44. The van der Waals surface area contributed by atoms with Crippen molar-refractivity contribution in [3.63, 3.8) is 0 Å². The highest BCUT2D eigenvalue weighted by molar-refractivity contribution is 6.08. The Morgan fingerprint density at radius 1 is 1.39 bits per heavy atom. The minimum absolute atomic E-state index is 0.0596. The van der Waals surface area contributed by atoms with Gasteiger partial charge in [0, 0.05) is 38.0 Å². The zero-order chi connectivity index (χ0) is 16.0. The minimum Gasteiger partial charge on any atom is -0.381 e. The van der Waals surface area contributed by atoms with Crippen LogP contribution < -0.4 is 4.90 Å². The molecule has 120 valence electrons. The van der Waals surface area contributed by atoms with Crippen LogP contribution >= 0.6 is 0 Å². The Morgan fingerprint density at radius 3 is 3.04 bits per heavy atom. The molecule has 0 unspecified atom stereocenters. The standard InChI is InChI=1S/C18H21N3O2/c1-12-4-3-5-16-14(12)6-8-21(16)18(22)15-10-20(2)19-17(15)13-7-9-23-11-13/h3-5,10,13H,6-9,11H2,1-2H3/t13-/m0/s1. The van der Waals surface area contributed by atoms with Crippen molar-refractivity contribution >= 4 is 11.6 Å². The van der Waals surface area contributed by atoms with Gasteiger partial charge in [0.05, 0.1) is 17.9 Å². The largest absolute Gasteiger partial charge is 0.381 e. The van der Waals surface area contributed by atoms with Gasteiger partial charge in [-0.3, -0.25) is 9.48 Å². The van der Waals surface area contributed by atoms with Crippen LogP contribution in [0.4, 0.5) is 5.69 Å². The van der Waals surface area contributed by atoms with Crippen LogP contribution in [0.15, 0.2) is 24.4 Å². The SMILES string of the molecule is Cc1cccc2c1CCN2C(=O)c1cn(C)nc1[C@H]1CCOC1. The van der Waals surface area contributed by atoms with Gasteiger partial charge in [-0.2, -0.15) is 5.10 Å². The van der Waals surface area contributed by atoms with Gasteiger partial charge in [-0.1, -0.05) is 12.1 Å². The molecule has 1 atom stereocenters. The summed E-state index contributed by atoms with van der Waals surface area (Å²) >= 11 is 0. The number of aryl methyl sites for hydroxylation is 2. The molecule has 1 saturated heterocycles. The summed E-state index contributed by atoms with van der Waals surface area (Å²) in [4.78, 5) is 15.0. The number of amides is 1. The van der Waals surface area contributed by atoms with Crippen molar-refractivity contribution in [3.8, 4) is 0 Å². The highest BCUT2D eigenvalue weighted by Crippen LogP contribution is 2.33. The Morgan fingerprint density at radius 2 is 2.26 bits per heavy atom. The molecule has 1 amide bonds. The molecule has 1 aromatic carbocycles. The van der Waals surface area contributed by atoms with Crippen molar-refractivity contribution in [3.05, 3.63) is 46.8 Å². The van der Waals surface area contributed by atoms with Crippen LogP contribution in [0.3, 0.4) is 0 Å². The Labute approximate surface area is 135 Å². The Hall–Kier alpha value is -2.14. The smallest absolute Gasteiger partial charge is 0.261 e. The zero-order valence-corrected chi connectivity index (χ0v) is 13.6. The van der Waals surface area contributed by atoms with Gasteiger partial charge in [-0.05, 0) is 37.0 Å². The first-order chi connectivity index (χ1) is 11.1. The van der Waals surface area contributed by atoms with Crippen molar-refractivity contribution in [1.29, 1.82) is 0 Å². The van der Waals surface area contributed by atoms with Gasteiger partial charge in [-0.15, -0.1) is 0 Å². The lowest BCUT2D eigenvalue weighted by molar-refractivity contribution is 0.0988. The Kier molecular flexibility index (Phi) is 3.45. The topological polar surface area (TPSA) is 47.4 Å². The number of ether oxygens (including phenoxy) is 1. The van der Waals surface area contributed by atoms with Crippen LogP contribution in [-0.4, -0.2) is 35.4 Å². The van der Waals surface area contributed by atoms with E-state index in [0.29, 0.717) is 6.61 Å². The van der Waals surface area contributed by atoms with Crippen LogP contribution in [0.25, 0.3) is 0 Å². The number of aromatic nitrogens is 2. The third kappa shape index (κ3) is 2.36. The van der Waals surface area contributed by atoms with Crippen LogP contribution in [0, 0.1) is 6.92 Å². The molecule has 0 N–H and O–H groups in total. The molecule has 4 rings (SSSR count). The average molecular weight is 311 g/mol. The lowest BCUT2D eigenvalue weighted by Crippen LogP contribution is -2.29. The van der Waals surface area contributed by atoms with E-state index in [9.17, 15) is 4.79 Å². The van der Waals surface area contributed by atoms with Crippen molar-refractivity contribution < 1.29 is 9.53 Å². The summed E-state index contributed by atoms with van der Waals surface area (Å²) in [7, 11) is 1.87. The molecule has 1 fully saturated rings. The van der Waals surface area contributed by atoms with Gasteiger partial charge in [0.1, 0.15) is 0 Å². The normalized spacial score (nSPS) is 20.1. The molecule has 0 aliphatic carbocycles. The fourth-order valence-electron chi connectivity index (χ4n) is 3.69. The highest BCUT2D eigenvalue weighted by Gasteiger charge is 2.32. The predicted octanol–water partition coefficient (Wildman–Crippen LogP) is 2.44. The van der Waals surface area contributed by atoms with E-state index in [2.05, 4.69) is 18.1 Å². The third-order valence-electron chi connectivity index (χ3n) is 4.91. The molecule has 0 saturated carbocycles. The quantitative estimate of drug-likeness (QED) is 0.856. The molecule has 0 radical (unpaired) electrons. The van der Waals surface area contributed by atoms with Gasteiger partial charge >= 0.3 is 0 Å². The maximum absolute atomic E-state index is 13.1. The van der Waals surface area contributed by atoms with Crippen molar-refractivity contribution in [2.24, 2.45) is 7.05 Å². The van der Waals surface area contributed by atoms with Gasteiger partial charge in [0.25, 0.3) is 5.91 Å². The maximum atomic E-state index is 13.1. The molecule has 2 aliphatic heterocycles. The van der Waals surface area contributed by atoms with E-state index in [4.69, 9.17) is 4.74 Å². The number of carbonyl (C=O) groups excluding carboxylic acids is 1. The number of fused-ring (bicyclic) bond motifs is 1. The van der Waals surface area contributed by atoms with Gasteiger partial charge < -0.3 is 9.64 Å². The van der Waals surface area contributed by atoms with Crippen LogP contribution in [0.2, 0.25) is 0 Å². The first kappa shape index (κ1) is 14.5. The van der Waals surface area contributed by atoms with E-state index in [-0.39, 0.29) is 11.8 Å². The monoisotopic (exact) mass is 311 g/mol. The number of nitrogens with zero attached hydrogens (tertiary/aromatic N) is 3. The molecular weight excluding hydrogens is 290 g/mol. The maximum Gasteiger partial charge on any atom is 0.261 e.